The molecule has 0 unspecified atom stereocenters. The first-order valence-corrected chi connectivity index (χ1v) is 11.8. The van der Waals surface area contributed by atoms with Crippen molar-refractivity contribution in [1.82, 2.24) is 14.9 Å². The van der Waals surface area contributed by atoms with Gasteiger partial charge in [-0.25, -0.2) is 4.68 Å². The molecular formula is C23H24ClN5OS. The molecule has 31 heavy (non-hydrogen) atoms. The van der Waals surface area contributed by atoms with Gasteiger partial charge in [-0.2, -0.15) is 0 Å². The molecule has 1 aliphatic carbocycles. The SMILES string of the molecule is Cc1ccc(NC(=O)[C@@H]2Sc3nnc(-c4ccccc4)n3NC23CCCCC3)cc1Cl. The molecule has 1 spiro atoms. The van der Waals surface area contributed by atoms with Crippen LogP contribution in [0.1, 0.15) is 37.7 Å². The number of hydrogen-bond donors (Lipinski definition) is 2. The van der Waals surface area contributed by atoms with E-state index >= 15 is 0 Å². The molecule has 2 aromatic carbocycles. The number of nitrogens with one attached hydrogen (secondary N) is 2. The van der Waals surface area contributed by atoms with Crippen LogP contribution < -0.4 is 10.7 Å². The molecule has 160 valence electrons. The summed E-state index contributed by atoms with van der Waals surface area (Å²) in [5.41, 5.74) is 6.03. The van der Waals surface area contributed by atoms with Crippen molar-refractivity contribution in [2.75, 3.05) is 10.7 Å². The summed E-state index contributed by atoms with van der Waals surface area (Å²) >= 11 is 7.76. The molecule has 8 heteroatoms. The van der Waals surface area contributed by atoms with Gasteiger partial charge in [0.25, 0.3) is 0 Å². The minimum absolute atomic E-state index is 0.0326. The van der Waals surface area contributed by atoms with Gasteiger partial charge in [0, 0.05) is 16.3 Å². The molecule has 1 amide bonds. The molecule has 5 rings (SSSR count). The topological polar surface area (TPSA) is 71.8 Å². The van der Waals surface area contributed by atoms with Crippen molar-refractivity contribution < 1.29 is 4.79 Å². The number of hydrogen-bond acceptors (Lipinski definition) is 5. The lowest BCUT2D eigenvalue weighted by Crippen LogP contribution is -2.59. The maximum atomic E-state index is 13.5. The minimum atomic E-state index is -0.347. The van der Waals surface area contributed by atoms with E-state index in [2.05, 4.69) is 20.9 Å². The monoisotopic (exact) mass is 453 g/mol. The number of aryl methyl sites for hydroxylation is 1. The highest BCUT2D eigenvalue weighted by atomic mass is 35.5. The molecule has 1 saturated carbocycles. The van der Waals surface area contributed by atoms with Gasteiger partial charge in [0.15, 0.2) is 5.82 Å². The fourth-order valence-electron chi connectivity index (χ4n) is 4.46. The Balaban J connectivity index is 1.48. The number of anilines is 1. The predicted octanol–water partition coefficient (Wildman–Crippen LogP) is 5.27. The highest BCUT2D eigenvalue weighted by molar-refractivity contribution is 8.00. The number of benzene rings is 2. The van der Waals surface area contributed by atoms with Crippen LogP contribution in [0.15, 0.2) is 53.7 Å². The number of aromatic nitrogens is 3. The third-order valence-corrected chi connectivity index (χ3v) is 7.93. The first-order chi connectivity index (χ1) is 15.1. The molecule has 3 aromatic rings. The lowest BCUT2D eigenvalue weighted by atomic mass is 9.79. The lowest BCUT2D eigenvalue weighted by molar-refractivity contribution is -0.117. The first-order valence-electron chi connectivity index (χ1n) is 10.6. The van der Waals surface area contributed by atoms with Crippen molar-refractivity contribution in [3.8, 4) is 11.4 Å². The molecule has 0 bridgehead atoms. The van der Waals surface area contributed by atoms with Gasteiger partial charge in [0.05, 0.1) is 5.54 Å². The lowest BCUT2D eigenvalue weighted by Gasteiger charge is -2.46. The molecular weight excluding hydrogens is 430 g/mol. The van der Waals surface area contributed by atoms with Crippen LogP contribution in [0.3, 0.4) is 0 Å². The van der Waals surface area contributed by atoms with Crippen LogP contribution >= 0.6 is 23.4 Å². The Morgan fingerprint density at radius 3 is 2.68 bits per heavy atom. The molecule has 1 aromatic heterocycles. The van der Waals surface area contributed by atoms with Crippen LogP contribution in [0, 0.1) is 6.92 Å². The molecule has 1 fully saturated rings. The maximum Gasteiger partial charge on any atom is 0.240 e. The fourth-order valence-corrected chi connectivity index (χ4v) is 5.86. The van der Waals surface area contributed by atoms with E-state index in [1.807, 2.05) is 54.1 Å². The minimum Gasteiger partial charge on any atom is -0.325 e. The van der Waals surface area contributed by atoms with Crippen molar-refractivity contribution in [2.45, 2.75) is 55.0 Å². The Labute approximate surface area is 190 Å². The highest BCUT2D eigenvalue weighted by Gasteiger charge is 2.49. The number of halogens is 1. The van der Waals surface area contributed by atoms with Gasteiger partial charge >= 0.3 is 0 Å². The van der Waals surface area contributed by atoms with Crippen molar-refractivity contribution >= 4 is 35.0 Å². The van der Waals surface area contributed by atoms with E-state index in [1.165, 1.54) is 18.2 Å². The van der Waals surface area contributed by atoms with Crippen LogP contribution in [-0.2, 0) is 4.79 Å². The Morgan fingerprint density at radius 2 is 1.94 bits per heavy atom. The number of rotatable bonds is 3. The zero-order valence-electron chi connectivity index (χ0n) is 17.3. The number of carbonyl (C=O) groups is 1. The summed E-state index contributed by atoms with van der Waals surface area (Å²) < 4.78 is 1.97. The van der Waals surface area contributed by atoms with Crippen LogP contribution in [-0.4, -0.2) is 31.6 Å². The molecule has 6 nitrogen and oxygen atoms in total. The number of nitrogens with zero attached hydrogens (tertiary/aromatic N) is 3. The van der Waals surface area contributed by atoms with E-state index in [0.29, 0.717) is 15.9 Å². The van der Waals surface area contributed by atoms with E-state index in [4.69, 9.17) is 11.6 Å². The number of amides is 1. The fraction of sp³-hybridized carbons (Fsp3) is 0.348. The van der Waals surface area contributed by atoms with Gasteiger partial charge in [-0.05, 0) is 37.5 Å². The Morgan fingerprint density at radius 1 is 1.16 bits per heavy atom. The van der Waals surface area contributed by atoms with Crippen LogP contribution in [0.5, 0.6) is 0 Å². The Hall–Kier alpha value is -2.51. The number of fused-ring (bicyclic) bond motifs is 1. The van der Waals surface area contributed by atoms with Gasteiger partial charge in [-0.3, -0.25) is 4.79 Å². The third kappa shape index (κ3) is 3.81. The van der Waals surface area contributed by atoms with Crippen LogP contribution in [0.25, 0.3) is 11.4 Å². The Bertz CT molecular complexity index is 1110. The third-order valence-electron chi connectivity index (χ3n) is 6.15. The smallest absolute Gasteiger partial charge is 0.240 e. The normalized spacial score (nSPS) is 19.5. The average molecular weight is 454 g/mol. The van der Waals surface area contributed by atoms with Gasteiger partial charge < -0.3 is 10.7 Å². The van der Waals surface area contributed by atoms with Gasteiger partial charge in [0.1, 0.15) is 5.25 Å². The average Bonchev–Trinajstić information content (AvgIpc) is 3.19. The number of thioether (sulfide) groups is 1. The first kappa shape index (κ1) is 20.4. The van der Waals surface area contributed by atoms with Gasteiger partial charge in [-0.15, -0.1) is 10.2 Å². The molecule has 0 radical (unpaired) electrons. The summed E-state index contributed by atoms with van der Waals surface area (Å²) in [6, 6.07) is 15.6. The van der Waals surface area contributed by atoms with E-state index in [0.717, 1.165) is 42.6 Å². The molecule has 1 aliphatic heterocycles. The van der Waals surface area contributed by atoms with Crippen molar-refractivity contribution in [3.63, 3.8) is 0 Å². The second-order valence-electron chi connectivity index (χ2n) is 8.29. The van der Waals surface area contributed by atoms with E-state index in [1.54, 1.807) is 6.07 Å². The maximum absolute atomic E-state index is 13.5. The number of carbonyl (C=O) groups excluding carboxylic acids is 1. The van der Waals surface area contributed by atoms with Crippen molar-refractivity contribution in [3.05, 3.63) is 59.1 Å². The largest absolute Gasteiger partial charge is 0.325 e. The molecule has 2 N–H and O–H groups in total. The summed E-state index contributed by atoms with van der Waals surface area (Å²) in [5, 5.41) is 12.9. The highest BCUT2D eigenvalue weighted by Crippen LogP contribution is 2.44. The van der Waals surface area contributed by atoms with Crippen molar-refractivity contribution in [1.29, 1.82) is 0 Å². The molecule has 2 heterocycles. The summed E-state index contributed by atoms with van der Waals surface area (Å²) in [6.45, 7) is 1.95. The zero-order valence-corrected chi connectivity index (χ0v) is 18.8. The van der Waals surface area contributed by atoms with Crippen LogP contribution in [0.4, 0.5) is 5.69 Å². The summed E-state index contributed by atoms with van der Waals surface area (Å²) in [7, 11) is 0. The van der Waals surface area contributed by atoms with Gasteiger partial charge in [0.2, 0.25) is 11.1 Å². The van der Waals surface area contributed by atoms with Crippen molar-refractivity contribution in [2.24, 2.45) is 0 Å². The van der Waals surface area contributed by atoms with E-state index in [-0.39, 0.29) is 16.7 Å². The van der Waals surface area contributed by atoms with Gasteiger partial charge in [-0.1, -0.05) is 79.0 Å². The Kier molecular flexibility index (Phi) is 5.40. The molecule has 1 atom stereocenters. The predicted molar refractivity (Wildman–Crippen MR) is 125 cm³/mol. The second-order valence-corrected chi connectivity index (χ2v) is 9.77. The van der Waals surface area contributed by atoms with Crippen LogP contribution in [0.2, 0.25) is 5.02 Å². The second kappa shape index (κ2) is 8.20. The standard InChI is InChI=1S/C23H24ClN5OS/c1-15-10-11-17(14-18(15)24)25-21(30)19-23(12-6-3-7-13-23)28-29-20(26-27-22(29)31-19)16-8-4-2-5-9-16/h2,4-5,8-11,14,19,28H,3,6-7,12-13H2,1H3,(H,25,30)/t19-/m0/s1. The van der Waals surface area contributed by atoms with E-state index in [9.17, 15) is 4.79 Å². The molecule has 2 aliphatic rings. The van der Waals surface area contributed by atoms with E-state index < -0.39 is 0 Å². The molecule has 0 saturated heterocycles. The summed E-state index contributed by atoms with van der Waals surface area (Å²) in [6.07, 6.45) is 5.23. The summed E-state index contributed by atoms with van der Waals surface area (Å²) in [5.74, 6) is 0.743. The quantitative estimate of drug-likeness (QED) is 0.565. The summed E-state index contributed by atoms with van der Waals surface area (Å²) in [4.78, 5) is 13.5. The zero-order chi connectivity index (χ0) is 21.4.